The summed E-state index contributed by atoms with van der Waals surface area (Å²) in [6.45, 7) is 2.04. The fraction of sp³-hybridized carbons (Fsp3) is 1.00. The van der Waals surface area contributed by atoms with Gasteiger partial charge in [0.1, 0.15) is 0 Å². The minimum absolute atomic E-state index is 0.257. The van der Waals surface area contributed by atoms with Gasteiger partial charge < -0.3 is 29.6 Å². The molecular weight excluding hydrogens is 232 g/mol. The Morgan fingerprint density at radius 3 is 1.06 bits per heavy atom. The number of nitrogens with zero attached hydrogens (tertiary/aromatic N) is 2. The van der Waals surface area contributed by atoms with Crippen LogP contribution in [0.2, 0.25) is 0 Å². The lowest BCUT2D eigenvalue weighted by Crippen LogP contribution is -2.15. The summed E-state index contributed by atoms with van der Waals surface area (Å²) >= 11 is 0. The first-order valence-corrected chi connectivity index (χ1v) is 6.01. The normalized spacial score (nSPS) is 9.00. The van der Waals surface area contributed by atoms with Crippen molar-refractivity contribution in [1.29, 1.82) is 0 Å². The standard InChI is InChI=1S/2C4H11NO.H2O3Si/c2*1-5(2)3-4-6;1-4(2)3/h2*6H,3-4H2,1-2H3;1-2H. The Bertz CT molecular complexity index is 132. The summed E-state index contributed by atoms with van der Waals surface area (Å²) in [6.07, 6.45) is 0. The molecule has 8 heteroatoms. The Morgan fingerprint density at radius 1 is 0.875 bits per heavy atom. The first-order chi connectivity index (χ1) is 7.27. The van der Waals surface area contributed by atoms with Crippen LogP contribution < -0.4 is 0 Å². The lowest BCUT2D eigenvalue weighted by molar-refractivity contribution is 0.242. The van der Waals surface area contributed by atoms with Crippen molar-refractivity contribution in [3.8, 4) is 0 Å². The minimum Gasteiger partial charge on any atom is -0.511 e. The zero-order valence-corrected chi connectivity index (χ0v) is 11.4. The molecule has 0 rings (SSSR count). The molecule has 0 aliphatic carbocycles. The lowest BCUT2D eigenvalue weighted by Gasteiger charge is -2.03. The zero-order valence-electron chi connectivity index (χ0n) is 10.4. The van der Waals surface area contributed by atoms with Crippen molar-refractivity contribution in [1.82, 2.24) is 9.80 Å². The average Bonchev–Trinajstić information content (AvgIpc) is 2.02. The van der Waals surface area contributed by atoms with Gasteiger partial charge in [0.2, 0.25) is 0 Å². The molecule has 0 atom stereocenters. The Morgan fingerprint density at radius 2 is 1.06 bits per heavy atom. The first kappa shape index (κ1) is 20.8. The van der Waals surface area contributed by atoms with Crippen LogP contribution >= 0.6 is 0 Å². The van der Waals surface area contributed by atoms with Crippen molar-refractivity contribution in [2.45, 2.75) is 0 Å². The van der Waals surface area contributed by atoms with Crippen LogP contribution in [0.1, 0.15) is 0 Å². The maximum Gasteiger partial charge on any atom is 0.761 e. The van der Waals surface area contributed by atoms with Gasteiger partial charge in [0.15, 0.2) is 0 Å². The highest BCUT2D eigenvalue weighted by Gasteiger charge is 1.85. The summed E-state index contributed by atoms with van der Waals surface area (Å²) in [7, 11) is 4.58. The maximum atomic E-state index is 8.74. The minimum atomic E-state index is -3.13. The third-order valence-electron chi connectivity index (χ3n) is 1.09. The molecule has 7 nitrogen and oxygen atoms in total. The van der Waals surface area contributed by atoms with E-state index in [9.17, 15) is 0 Å². The van der Waals surface area contributed by atoms with Crippen LogP contribution in [0, 0.1) is 0 Å². The number of aliphatic hydroxyl groups excluding tert-OH is 2. The van der Waals surface area contributed by atoms with Crippen LogP contribution in [0.5, 0.6) is 0 Å². The highest BCUT2D eigenvalue weighted by atomic mass is 28.3. The Labute approximate surface area is 98.5 Å². The summed E-state index contributed by atoms with van der Waals surface area (Å²) in [5.41, 5.74) is 0. The van der Waals surface area contributed by atoms with Gasteiger partial charge in [-0.25, -0.2) is 0 Å². The fourth-order valence-corrected chi connectivity index (χ4v) is 0.400. The maximum absolute atomic E-state index is 8.74. The van der Waals surface area contributed by atoms with E-state index < -0.39 is 9.17 Å². The summed E-state index contributed by atoms with van der Waals surface area (Å²) in [4.78, 5) is 18.2. The molecule has 0 spiro atoms. The predicted octanol–water partition coefficient (Wildman–Crippen LogP) is -2.53. The van der Waals surface area contributed by atoms with Crippen LogP contribution in [-0.4, -0.2) is 93.3 Å². The first-order valence-electron chi connectivity index (χ1n) is 4.71. The van der Waals surface area contributed by atoms with E-state index in [4.69, 9.17) is 24.3 Å². The SMILES string of the molecule is CN(C)CCO.CN(C)CCO.O=[Si](O)O. The van der Waals surface area contributed by atoms with Crippen molar-refractivity contribution in [3.63, 3.8) is 0 Å². The number of hydrogen-bond donors (Lipinski definition) is 4. The molecule has 100 valence electrons. The van der Waals surface area contributed by atoms with Crippen LogP contribution in [0.25, 0.3) is 0 Å². The van der Waals surface area contributed by atoms with Crippen LogP contribution in [0.3, 0.4) is 0 Å². The van der Waals surface area contributed by atoms with Crippen molar-refractivity contribution in [3.05, 3.63) is 0 Å². The smallest absolute Gasteiger partial charge is 0.511 e. The molecule has 0 aromatic heterocycles. The molecule has 0 aliphatic rings. The quantitative estimate of drug-likeness (QED) is 0.411. The molecule has 16 heavy (non-hydrogen) atoms. The molecule has 0 aromatic rings. The largest absolute Gasteiger partial charge is 0.761 e. The van der Waals surface area contributed by atoms with Gasteiger partial charge in [-0.3, -0.25) is 4.46 Å². The van der Waals surface area contributed by atoms with Gasteiger partial charge >= 0.3 is 9.17 Å². The molecule has 4 N–H and O–H groups in total. The lowest BCUT2D eigenvalue weighted by atomic mass is 10.6. The van der Waals surface area contributed by atoms with E-state index in [0.29, 0.717) is 0 Å². The van der Waals surface area contributed by atoms with Gasteiger partial charge in [-0.2, -0.15) is 0 Å². The second-order valence-electron chi connectivity index (χ2n) is 3.34. The van der Waals surface area contributed by atoms with Crippen molar-refractivity contribution < 1.29 is 24.3 Å². The number of rotatable bonds is 4. The molecule has 0 saturated carbocycles. The van der Waals surface area contributed by atoms with E-state index in [0.717, 1.165) is 13.1 Å². The third kappa shape index (κ3) is 70.1. The second kappa shape index (κ2) is 16.9. The van der Waals surface area contributed by atoms with Crippen molar-refractivity contribution in [2.24, 2.45) is 0 Å². The van der Waals surface area contributed by atoms with Crippen LogP contribution in [0.15, 0.2) is 0 Å². The van der Waals surface area contributed by atoms with E-state index in [1.165, 1.54) is 0 Å². The zero-order chi connectivity index (χ0) is 13.6. The predicted molar refractivity (Wildman–Crippen MR) is 62.2 cm³/mol. The summed E-state index contributed by atoms with van der Waals surface area (Å²) in [5, 5.41) is 16.4. The van der Waals surface area contributed by atoms with E-state index in [1.807, 2.05) is 38.0 Å². The van der Waals surface area contributed by atoms with Gasteiger partial charge in [-0.05, 0) is 28.2 Å². The molecule has 0 amide bonds. The van der Waals surface area contributed by atoms with Crippen molar-refractivity contribution >= 4 is 9.17 Å². The molecule has 0 unspecified atom stereocenters. The highest BCUT2D eigenvalue weighted by Crippen LogP contribution is 1.66. The molecule has 0 fully saturated rings. The molecule has 0 bridgehead atoms. The number of likely N-dealkylation sites (N-methyl/N-ethyl adjacent to an activating group) is 2. The van der Waals surface area contributed by atoms with E-state index >= 15 is 0 Å². The van der Waals surface area contributed by atoms with Gasteiger partial charge in [-0.15, -0.1) is 0 Å². The van der Waals surface area contributed by atoms with Gasteiger partial charge in [0, 0.05) is 13.1 Å². The Balaban J connectivity index is -0.000000162. The van der Waals surface area contributed by atoms with Crippen LogP contribution in [-0.2, 0) is 4.46 Å². The average molecular weight is 256 g/mol. The van der Waals surface area contributed by atoms with Crippen LogP contribution in [0.4, 0.5) is 0 Å². The second-order valence-corrected chi connectivity index (χ2v) is 3.90. The third-order valence-corrected chi connectivity index (χ3v) is 1.09. The van der Waals surface area contributed by atoms with Gasteiger partial charge in [-0.1, -0.05) is 0 Å². The molecule has 0 saturated heterocycles. The monoisotopic (exact) mass is 256 g/mol. The summed E-state index contributed by atoms with van der Waals surface area (Å²) < 4.78 is 8.74. The Hall–Kier alpha value is -0.543. The van der Waals surface area contributed by atoms with Crippen molar-refractivity contribution in [2.75, 3.05) is 54.5 Å². The van der Waals surface area contributed by atoms with E-state index in [2.05, 4.69) is 0 Å². The number of hydrogen-bond acceptors (Lipinski definition) is 5. The molecular formula is C8H24N2O5Si. The van der Waals surface area contributed by atoms with Gasteiger partial charge in [0.05, 0.1) is 13.2 Å². The highest BCUT2D eigenvalue weighted by molar-refractivity contribution is 6.22. The van der Waals surface area contributed by atoms with E-state index in [1.54, 1.807) is 0 Å². The van der Waals surface area contributed by atoms with Gasteiger partial charge in [0.25, 0.3) is 0 Å². The number of aliphatic hydroxyl groups is 2. The molecule has 0 radical (unpaired) electrons. The molecule has 0 aromatic carbocycles. The van der Waals surface area contributed by atoms with E-state index in [-0.39, 0.29) is 13.2 Å². The summed E-state index contributed by atoms with van der Waals surface area (Å²) in [6, 6.07) is 0. The molecule has 0 aliphatic heterocycles. The Kier molecular flexibility index (Phi) is 22.0. The molecule has 0 heterocycles. The topological polar surface area (TPSA) is 104 Å². The fourth-order valence-electron chi connectivity index (χ4n) is 0.400. The summed E-state index contributed by atoms with van der Waals surface area (Å²) in [5.74, 6) is 0.